The molecule has 0 radical (unpaired) electrons. The summed E-state index contributed by atoms with van der Waals surface area (Å²) < 4.78 is 67.8. The van der Waals surface area contributed by atoms with E-state index in [1.165, 1.54) is 11.0 Å². The summed E-state index contributed by atoms with van der Waals surface area (Å²) in [6, 6.07) is 7.66. The van der Waals surface area contributed by atoms with Crippen molar-refractivity contribution in [2.75, 3.05) is 66.5 Å². The molecule has 0 spiro atoms. The molecular weight excluding hydrogens is 804 g/mol. The first-order chi connectivity index (χ1) is 28.9. The normalized spacial score (nSPS) is 15.6. The van der Waals surface area contributed by atoms with E-state index in [-0.39, 0.29) is 38.6 Å². The van der Waals surface area contributed by atoms with Crippen molar-refractivity contribution in [3.8, 4) is 16.9 Å². The van der Waals surface area contributed by atoms with Gasteiger partial charge in [-0.15, -0.1) is 0 Å². The molecule has 0 aliphatic carbocycles. The largest absolute Gasteiger partial charge is 0.495 e. The number of aromatic nitrogens is 4. The van der Waals surface area contributed by atoms with Gasteiger partial charge in [-0.1, -0.05) is 11.6 Å². The molecule has 2 amide bonds. The molecule has 1 N–H and O–H groups in total. The van der Waals surface area contributed by atoms with Gasteiger partial charge in [-0.3, -0.25) is 24.4 Å². The Hall–Kier alpha value is -6.13. The Balaban J connectivity index is 0.000000208. The lowest BCUT2D eigenvalue weighted by molar-refractivity contribution is -0.117. The highest BCUT2D eigenvalue weighted by Gasteiger charge is 2.29. The first kappa shape index (κ1) is 40.6. The van der Waals surface area contributed by atoms with E-state index >= 15 is 4.39 Å². The maximum atomic E-state index is 15.4. The monoisotopic (exact) mass is 842 g/mol. The second-order valence-electron chi connectivity index (χ2n) is 14.6. The third-order valence-electron chi connectivity index (χ3n) is 10.8. The molecule has 3 aliphatic heterocycles. The van der Waals surface area contributed by atoms with Crippen LogP contribution in [-0.2, 0) is 14.3 Å². The Labute approximate surface area is 347 Å². The Kier molecular flexibility index (Phi) is 11.4. The fourth-order valence-corrected chi connectivity index (χ4v) is 8.00. The van der Waals surface area contributed by atoms with Gasteiger partial charge in [-0.2, -0.15) is 0 Å². The molecule has 310 valence electrons. The molecule has 60 heavy (non-hydrogen) atoms. The highest BCUT2D eigenvalue weighted by molar-refractivity contribution is 6.36. The molecule has 0 bridgehead atoms. The van der Waals surface area contributed by atoms with Crippen LogP contribution in [0.25, 0.3) is 32.9 Å². The molecule has 3 fully saturated rings. The first-order valence-corrected chi connectivity index (χ1v) is 19.7. The number of anilines is 5. The summed E-state index contributed by atoms with van der Waals surface area (Å²) in [5.74, 6) is -1.02. The minimum atomic E-state index is -0.751. The standard InChI is InChI=1S/C29H28F2N6O3.C14H11ClF2N2O/c1-17-28(27-22(31)11-19(30)12-24(27)35-29(17)37-5-3-4-26(37)38)34-23-13-25(36-6-8-40-9-7-36)33-16-21(23)18-10-20(39-2)15-32-14-18;1-7-13(15)12-9(17)5-8(16)6-10(12)18-14(7)19-4-2-3-11(19)20/h10-16H,3-9H2,1-2H3,(H,33,34,35);5-6H,2-4H2,1H3. The van der Waals surface area contributed by atoms with Crippen molar-refractivity contribution in [2.45, 2.75) is 39.5 Å². The summed E-state index contributed by atoms with van der Waals surface area (Å²) in [6.45, 7) is 7.04. The van der Waals surface area contributed by atoms with Crippen LogP contribution < -0.4 is 24.8 Å². The summed E-state index contributed by atoms with van der Waals surface area (Å²) in [5.41, 5.74) is 3.81. The third-order valence-corrected chi connectivity index (χ3v) is 11.2. The zero-order chi connectivity index (χ0) is 42.2. The second kappa shape index (κ2) is 16.9. The average molecular weight is 843 g/mol. The molecule has 17 heteroatoms. The van der Waals surface area contributed by atoms with E-state index in [9.17, 15) is 22.8 Å². The minimum absolute atomic E-state index is 0.0482. The molecule has 2 aromatic carbocycles. The minimum Gasteiger partial charge on any atom is -0.495 e. The van der Waals surface area contributed by atoms with Crippen molar-refractivity contribution >= 4 is 74.0 Å². The maximum absolute atomic E-state index is 15.4. The number of nitrogens with one attached hydrogen (secondary N) is 1. The predicted molar refractivity (Wildman–Crippen MR) is 221 cm³/mol. The predicted octanol–water partition coefficient (Wildman–Crippen LogP) is 8.60. The highest BCUT2D eigenvalue weighted by Crippen LogP contribution is 2.41. The molecule has 7 heterocycles. The average Bonchev–Trinajstić information content (AvgIpc) is 3.87. The number of nitrogens with zero attached hydrogens (tertiary/aromatic N) is 7. The number of morpholine rings is 1. The third kappa shape index (κ3) is 7.84. The number of hydrogen-bond acceptors (Lipinski definition) is 10. The van der Waals surface area contributed by atoms with Crippen LogP contribution >= 0.6 is 11.6 Å². The van der Waals surface area contributed by atoms with Crippen LogP contribution in [0.5, 0.6) is 5.75 Å². The van der Waals surface area contributed by atoms with Crippen molar-refractivity contribution in [1.82, 2.24) is 19.9 Å². The van der Waals surface area contributed by atoms with Gasteiger partial charge in [0.15, 0.2) is 0 Å². The maximum Gasteiger partial charge on any atom is 0.228 e. The van der Waals surface area contributed by atoms with Crippen molar-refractivity contribution in [2.24, 2.45) is 0 Å². The summed E-state index contributed by atoms with van der Waals surface area (Å²) in [4.78, 5) is 47.5. The van der Waals surface area contributed by atoms with Crippen LogP contribution in [0.4, 0.5) is 46.4 Å². The summed E-state index contributed by atoms with van der Waals surface area (Å²) >= 11 is 6.17. The second-order valence-corrected chi connectivity index (χ2v) is 15.0. The van der Waals surface area contributed by atoms with E-state index < -0.39 is 23.3 Å². The van der Waals surface area contributed by atoms with Gasteiger partial charge >= 0.3 is 0 Å². The molecule has 3 aliphatic rings. The lowest BCUT2D eigenvalue weighted by Gasteiger charge is -2.29. The van der Waals surface area contributed by atoms with Gasteiger partial charge in [-0.25, -0.2) is 32.5 Å². The Bertz CT molecular complexity index is 2680. The zero-order valence-electron chi connectivity index (χ0n) is 32.9. The lowest BCUT2D eigenvalue weighted by atomic mass is 10.0. The van der Waals surface area contributed by atoms with E-state index in [4.69, 9.17) is 26.1 Å². The number of benzene rings is 2. The summed E-state index contributed by atoms with van der Waals surface area (Å²) in [5, 5.41) is 3.82. The molecule has 0 atom stereocenters. The molecule has 0 unspecified atom stereocenters. The molecule has 0 saturated carbocycles. The molecule has 4 aromatic heterocycles. The van der Waals surface area contributed by atoms with Crippen LogP contribution in [0.3, 0.4) is 0 Å². The Morgan fingerprint density at radius 2 is 1.35 bits per heavy atom. The van der Waals surface area contributed by atoms with Crippen molar-refractivity contribution in [3.63, 3.8) is 0 Å². The van der Waals surface area contributed by atoms with Crippen LogP contribution in [0.2, 0.25) is 5.02 Å². The number of ether oxygens (including phenoxy) is 2. The molecular formula is C43H39ClF4N8O4. The first-order valence-electron chi connectivity index (χ1n) is 19.4. The van der Waals surface area contributed by atoms with E-state index in [0.29, 0.717) is 104 Å². The number of methoxy groups -OCH3 is 1. The number of fused-ring (bicyclic) bond motifs is 2. The van der Waals surface area contributed by atoms with Crippen LogP contribution in [-0.4, -0.2) is 78.3 Å². The van der Waals surface area contributed by atoms with E-state index in [0.717, 1.165) is 36.0 Å². The summed E-state index contributed by atoms with van der Waals surface area (Å²) in [6.07, 6.45) is 7.33. The van der Waals surface area contributed by atoms with Gasteiger partial charge in [0.1, 0.15) is 46.5 Å². The van der Waals surface area contributed by atoms with E-state index in [2.05, 4.69) is 25.2 Å². The van der Waals surface area contributed by atoms with Gasteiger partial charge in [0.05, 0.1) is 64.7 Å². The van der Waals surface area contributed by atoms with Gasteiger partial charge < -0.3 is 19.7 Å². The van der Waals surface area contributed by atoms with Crippen molar-refractivity contribution in [1.29, 1.82) is 0 Å². The number of pyridine rings is 4. The summed E-state index contributed by atoms with van der Waals surface area (Å²) in [7, 11) is 1.56. The Morgan fingerprint density at radius 3 is 1.95 bits per heavy atom. The molecule has 12 nitrogen and oxygen atoms in total. The van der Waals surface area contributed by atoms with Gasteiger partial charge in [-0.05, 0) is 32.8 Å². The molecule has 9 rings (SSSR count). The number of carbonyl (C=O) groups excluding carboxylic acids is 2. The van der Waals surface area contributed by atoms with Gasteiger partial charge in [0, 0.05) is 104 Å². The van der Waals surface area contributed by atoms with Crippen molar-refractivity contribution < 1.29 is 36.6 Å². The van der Waals surface area contributed by atoms with Crippen LogP contribution in [0, 0.1) is 37.1 Å². The van der Waals surface area contributed by atoms with Crippen LogP contribution in [0.15, 0.2) is 55.0 Å². The Morgan fingerprint density at radius 1 is 0.750 bits per heavy atom. The van der Waals surface area contributed by atoms with Gasteiger partial charge in [0.2, 0.25) is 11.8 Å². The lowest BCUT2D eigenvalue weighted by Crippen LogP contribution is -2.36. The topological polar surface area (TPSA) is 126 Å². The fraction of sp³-hybridized carbons (Fsp3) is 0.302. The number of hydrogen-bond donors (Lipinski definition) is 1. The van der Waals surface area contributed by atoms with Crippen LogP contribution in [0.1, 0.15) is 36.8 Å². The molecule has 6 aromatic rings. The smallest absolute Gasteiger partial charge is 0.228 e. The number of halogens is 5. The number of carbonyl (C=O) groups is 2. The van der Waals surface area contributed by atoms with Gasteiger partial charge in [0.25, 0.3) is 0 Å². The SMILES string of the molecule is COc1cncc(-c2cnc(N3CCOCC3)cc2Nc2c(C)c(N3CCCC3=O)nc3cc(F)cc(F)c23)c1.Cc1c(N2CCCC2=O)nc2cc(F)cc(F)c2c1Cl. The zero-order valence-corrected chi connectivity index (χ0v) is 33.7. The van der Waals surface area contributed by atoms with Crippen molar-refractivity contribution in [3.05, 3.63) is 94.4 Å². The quantitative estimate of drug-likeness (QED) is 0.156. The number of amides is 2. The number of rotatable bonds is 7. The van der Waals surface area contributed by atoms with E-state index in [1.807, 2.05) is 12.1 Å². The van der Waals surface area contributed by atoms with E-state index in [1.54, 1.807) is 44.4 Å². The highest BCUT2D eigenvalue weighted by atomic mass is 35.5. The molecule has 3 saturated heterocycles. The fourth-order valence-electron chi connectivity index (χ4n) is 7.72.